The van der Waals surface area contributed by atoms with Crippen molar-refractivity contribution in [2.24, 2.45) is 0 Å². The molecule has 0 saturated carbocycles. The van der Waals surface area contributed by atoms with Gasteiger partial charge in [0.05, 0.1) is 15.9 Å². The molecule has 0 spiro atoms. The van der Waals surface area contributed by atoms with Gasteiger partial charge in [-0.1, -0.05) is 24.9 Å². The van der Waals surface area contributed by atoms with Crippen LogP contribution in [0, 0.1) is 0 Å². The summed E-state index contributed by atoms with van der Waals surface area (Å²) in [6.45, 7) is 6.49. The van der Waals surface area contributed by atoms with Crippen LogP contribution in [0.25, 0.3) is 10.2 Å². The van der Waals surface area contributed by atoms with E-state index >= 15 is 0 Å². The molecule has 17 heavy (non-hydrogen) atoms. The van der Waals surface area contributed by atoms with Gasteiger partial charge in [-0.2, -0.15) is 0 Å². The van der Waals surface area contributed by atoms with Crippen LogP contribution < -0.4 is 4.90 Å². The Morgan fingerprint density at radius 1 is 1.41 bits per heavy atom. The first-order valence-electron chi connectivity index (χ1n) is 6.05. The van der Waals surface area contributed by atoms with Crippen LogP contribution in [0.3, 0.4) is 0 Å². The van der Waals surface area contributed by atoms with E-state index in [1.165, 1.54) is 23.2 Å². The number of halogens is 1. The van der Waals surface area contributed by atoms with Crippen molar-refractivity contribution >= 4 is 38.8 Å². The number of pyridine rings is 1. The Bertz CT molecular complexity index is 495. The number of anilines is 1. The van der Waals surface area contributed by atoms with Crippen LogP contribution >= 0.6 is 22.9 Å². The van der Waals surface area contributed by atoms with Crippen molar-refractivity contribution in [3.63, 3.8) is 0 Å². The van der Waals surface area contributed by atoms with E-state index in [4.69, 9.17) is 11.6 Å². The van der Waals surface area contributed by atoms with Crippen LogP contribution in [-0.2, 0) is 0 Å². The highest BCUT2D eigenvalue weighted by atomic mass is 35.5. The fourth-order valence-electron chi connectivity index (χ4n) is 1.94. The van der Waals surface area contributed by atoms with E-state index in [0.29, 0.717) is 5.15 Å². The smallest absolute Gasteiger partial charge is 0.131 e. The summed E-state index contributed by atoms with van der Waals surface area (Å²) >= 11 is 7.82. The highest BCUT2D eigenvalue weighted by Crippen LogP contribution is 2.32. The van der Waals surface area contributed by atoms with Crippen LogP contribution in [0.4, 0.5) is 5.69 Å². The molecule has 4 heteroatoms. The zero-order chi connectivity index (χ0) is 12.3. The maximum Gasteiger partial charge on any atom is 0.131 e. The Labute approximate surface area is 111 Å². The molecule has 0 N–H and O–H groups in total. The molecule has 2 aromatic heterocycles. The topological polar surface area (TPSA) is 16.1 Å². The Morgan fingerprint density at radius 2 is 2.24 bits per heavy atom. The fourth-order valence-corrected chi connectivity index (χ4v) is 3.01. The van der Waals surface area contributed by atoms with Gasteiger partial charge in [0.15, 0.2) is 0 Å². The van der Waals surface area contributed by atoms with Gasteiger partial charge in [-0.15, -0.1) is 11.3 Å². The normalized spacial score (nSPS) is 11.0. The second-order valence-electron chi connectivity index (χ2n) is 4.03. The summed E-state index contributed by atoms with van der Waals surface area (Å²) in [6, 6.07) is 4.02. The largest absolute Gasteiger partial charge is 0.371 e. The molecule has 0 aliphatic carbocycles. The number of unbranched alkanes of at least 4 members (excludes halogenated alkanes) is 1. The van der Waals surface area contributed by atoms with Crippen LogP contribution in [-0.4, -0.2) is 18.1 Å². The van der Waals surface area contributed by atoms with Crippen molar-refractivity contribution in [3.05, 3.63) is 22.7 Å². The molecule has 0 bridgehead atoms. The van der Waals surface area contributed by atoms with Gasteiger partial charge in [-0.25, -0.2) is 4.98 Å². The predicted octanol–water partition coefficient (Wildman–Crippen LogP) is 4.58. The molecule has 0 aliphatic heterocycles. The molecule has 2 aromatic rings. The minimum absolute atomic E-state index is 0.584. The van der Waals surface area contributed by atoms with E-state index in [1.807, 2.05) is 12.1 Å². The first-order valence-corrected chi connectivity index (χ1v) is 7.30. The van der Waals surface area contributed by atoms with E-state index in [1.54, 1.807) is 11.3 Å². The highest BCUT2D eigenvalue weighted by molar-refractivity contribution is 7.17. The maximum atomic E-state index is 6.08. The number of thiophene rings is 1. The lowest BCUT2D eigenvalue weighted by Crippen LogP contribution is -2.23. The third-order valence-corrected chi connectivity index (χ3v) is 3.98. The molecule has 0 aliphatic rings. The number of rotatable bonds is 5. The summed E-state index contributed by atoms with van der Waals surface area (Å²) in [4.78, 5) is 6.73. The van der Waals surface area contributed by atoms with Crippen molar-refractivity contribution in [1.82, 2.24) is 4.98 Å². The fraction of sp³-hybridized carbons (Fsp3) is 0.462. The average molecular weight is 269 g/mol. The maximum absolute atomic E-state index is 6.08. The second kappa shape index (κ2) is 5.69. The van der Waals surface area contributed by atoms with Crippen molar-refractivity contribution in [2.45, 2.75) is 26.7 Å². The Kier molecular flexibility index (Phi) is 4.24. The van der Waals surface area contributed by atoms with Crippen molar-refractivity contribution in [1.29, 1.82) is 0 Å². The van der Waals surface area contributed by atoms with Crippen molar-refractivity contribution < 1.29 is 0 Å². The molecule has 0 saturated heterocycles. The molecule has 0 unspecified atom stereocenters. The van der Waals surface area contributed by atoms with Gasteiger partial charge in [-0.05, 0) is 24.8 Å². The number of nitrogens with zero attached hydrogens (tertiary/aromatic N) is 2. The summed E-state index contributed by atoms with van der Waals surface area (Å²) < 4.78 is 1.24. The Hall–Kier alpha value is -0.800. The van der Waals surface area contributed by atoms with Crippen LogP contribution in [0.15, 0.2) is 17.5 Å². The molecule has 0 aromatic carbocycles. The Morgan fingerprint density at radius 3 is 2.94 bits per heavy atom. The van der Waals surface area contributed by atoms with Gasteiger partial charge in [0.25, 0.3) is 0 Å². The lowest BCUT2D eigenvalue weighted by Gasteiger charge is -2.23. The molecule has 0 fully saturated rings. The number of aromatic nitrogens is 1. The van der Waals surface area contributed by atoms with Gasteiger partial charge in [0.1, 0.15) is 5.15 Å². The lowest BCUT2D eigenvalue weighted by atomic mass is 10.2. The van der Waals surface area contributed by atoms with E-state index in [2.05, 4.69) is 29.1 Å². The summed E-state index contributed by atoms with van der Waals surface area (Å²) in [5.41, 5.74) is 2.23. The summed E-state index contributed by atoms with van der Waals surface area (Å²) in [6.07, 6.45) is 2.42. The molecule has 92 valence electrons. The molecule has 0 amide bonds. The van der Waals surface area contributed by atoms with Crippen LogP contribution in [0.1, 0.15) is 26.7 Å². The molecule has 2 heterocycles. The van der Waals surface area contributed by atoms with Gasteiger partial charge in [-0.3, -0.25) is 0 Å². The number of hydrogen-bond acceptors (Lipinski definition) is 3. The minimum atomic E-state index is 0.584. The van der Waals surface area contributed by atoms with E-state index in [0.717, 1.165) is 18.6 Å². The summed E-state index contributed by atoms with van der Waals surface area (Å²) in [7, 11) is 0. The minimum Gasteiger partial charge on any atom is -0.371 e. The zero-order valence-corrected chi connectivity index (χ0v) is 11.8. The number of hydrogen-bond donors (Lipinski definition) is 0. The summed E-state index contributed by atoms with van der Waals surface area (Å²) in [5.74, 6) is 0. The summed E-state index contributed by atoms with van der Waals surface area (Å²) in [5, 5.41) is 2.66. The van der Waals surface area contributed by atoms with Gasteiger partial charge >= 0.3 is 0 Å². The van der Waals surface area contributed by atoms with Gasteiger partial charge < -0.3 is 4.90 Å². The third kappa shape index (κ3) is 2.72. The van der Waals surface area contributed by atoms with E-state index in [9.17, 15) is 0 Å². The van der Waals surface area contributed by atoms with Gasteiger partial charge in [0.2, 0.25) is 0 Å². The molecular formula is C13H17ClN2S. The standard InChI is InChI=1S/C13H17ClN2S/c1-3-5-7-16(4-2)11-9-12(14)15-10-6-8-17-13(10)11/h6,8-9H,3-5,7H2,1-2H3. The third-order valence-electron chi connectivity index (χ3n) is 2.86. The quantitative estimate of drug-likeness (QED) is 0.738. The molecule has 0 atom stereocenters. The van der Waals surface area contributed by atoms with E-state index < -0.39 is 0 Å². The van der Waals surface area contributed by atoms with Crippen molar-refractivity contribution in [3.8, 4) is 0 Å². The highest BCUT2D eigenvalue weighted by Gasteiger charge is 2.11. The van der Waals surface area contributed by atoms with Crippen LogP contribution in [0.5, 0.6) is 0 Å². The van der Waals surface area contributed by atoms with E-state index in [-0.39, 0.29) is 0 Å². The average Bonchev–Trinajstić information content (AvgIpc) is 2.77. The predicted molar refractivity (Wildman–Crippen MR) is 77.4 cm³/mol. The zero-order valence-electron chi connectivity index (χ0n) is 10.2. The first kappa shape index (κ1) is 12.7. The SMILES string of the molecule is CCCCN(CC)c1cc(Cl)nc2ccsc12. The number of fused-ring (bicyclic) bond motifs is 1. The molecule has 2 rings (SSSR count). The first-order chi connectivity index (χ1) is 8.26. The second-order valence-corrected chi connectivity index (χ2v) is 5.34. The van der Waals surface area contributed by atoms with Crippen LogP contribution in [0.2, 0.25) is 5.15 Å². The molecular weight excluding hydrogens is 252 g/mol. The van der Waals surface area contributed by atoms with Gasteiger partial charge in [0, 0.05) is 19.2 Å². The Balaban J connectivity index is 2.40. The monoisotopic (exact) mass is 268 g/mol. The lowest BCUT2D eigenvalue weighted by molar-refractivity contribution is 0.734. The van der Waals surface area contributed by atoms with Crippen molar-refractivity contribution in [2.75, 3.05) is 18.0 Å². The molecule has 0 radical (unpaired) electrons. The molecule has 2 nitrogen and oxygen atoms in total.